The van der Waals surface area contributed by atoms with Crippen LogP contribution in [0.1, 0.15) is 72.5 Å². The molecule has 6 atom stereocenters. The zero-order valence-electron chi connectivity index (χ0n) is 32.6. The fourth-order valence-corrected chi connectivity index (χ4v) is 8.10. The highest BCUT2D eigenvalue weighted by Crippen LogP contribution is 2.34. The number of aliphatic hydroxyl groups excluding tert-OH is 2. The Labute approximate surface area is 354 Å². The van der Waals surface area contributed by atoms with Crippen molar-refractivity contribution in [2.45, 2.75) is 88.2 Å². The number of ether oxygens (including phenoxy) is 2. The number of hydrogen-bond donors (Lipinski definition) is 6. The van der Waals surface area contributed by atoms with E-state index in [1.165, 1.54) is 0 Å². The van der Waals surface area contributed by atoms with E-state index in [0.29, 0.717) is 26.1 Å². The number of fused-ring (bicyclic) bond motifs is 2. The number of nitrogens with one attached hydrogen (secondary N) is 4. The quantitative estimate of drug-likeness (QED) is 0.0537. The van der Waals surface area contributed by atoms with Crippen LogP contribution in [-0.4, -0.2) is 72.6 Å². The Morgan fingerprint density at radius 1 is 0.661 bits per heavy atom. The molecule has 4 aromatic rings. The van der Waals surface area contributed by atoms with Crippen molar-refractivity contribution in [2.75, 3.05) is 26.3 Å². The molecule has 2 unspecified atom stereocenters. The van der Waals surface area contributed by atoms with Gasteiger partial charge in [-0.05, 0) is 107 Å². The van der Waals surface area contributed by atoms with Gasteiger partial charge in [0.1, 0.15) is 34.8 Å². The lowest BCUT2D eigenvalue weighted by molar-refractivity contribution is -0.128. The Kier molecular flexibility index (Phi) is 15.6. The average molecular weight is 933 g/mol. The first kappa shape index (κ1) is 44.3. The van der Waals surface area contributed by atoms with Crippen molar-refractivity contribution in [3.63, 3.8) is 0 Å². The summed E-state index contributed by atoms with van der Waals surface area (Å²) in [5, 5.41) is 35.0. The smallest absolute Gasteiger partial charge is 0.220 e. The molecule has 0 saturated carbocycles. The van der Waals surface area contributed by atoms with Crippen molar-refractivity contribution in [1.29, 1.82) is 0 Å². The van der Waals surface area contributed by atoms with Gasteiger partial charge >= 0.3 is 0 Å². The highest BCUT2D eigenvalue weighted by Gasteiger charge is 2.29. The van der Waals surface area contributed by atoms with Crippen LogP contribution in [0.2, 0.25) is 0 Å². The maximum atomic E-state index is 14.2. The van der Waals surface area contributed by atoms with Gasteiger partial charge in [0, 0.05) is 77.7 Å². The van der Waals surface area contributed by atoms with E-state index in [-0.39, 0.29) is 62.0 Å². The SMILES string of the molecule is CCc1ccc2c(c1)C(NC[C@H](O)[C@H](Cc1cc(F)cc(F)c1)NC(=O)CCC(=O)N[C@@H](Cc1cc(F)cc(F)c1)[C@@H](O)CNC1CCOc3ccc(I)cc31)CCO2. The van der Waals surface area contributed by atoms with Gasteiger partial charge in [0.15, 0.2) is 0 Å². The minimum Gasteiger partial charge on any atom is -0.493 e. The van der Waals surface area contributed by atoms with Gasteiger partial charge in [-0.15, -0.1) is 0 Å². The standard InChI is InChI=1S/C44H49F4IN4O6/c1-2-25-3-5-41-33(17-25)35(9-11-58-41)50-23-39(54)37(18-26-13-28(45)20-29(46)14-26)52-43(56)7-8-44(57)53-38(19-27-15-30(47)21-31(48)16-27)40(55)24-51-36-10-12-59-42-6-4-32(49)22-34(36)42/h3-6,13-17,20-22,35-40,50-51,54-55H,2,7-12,18-19,23-24H2,1H3,(H,52,56)(H,53,57)/t35?,36?,37-,38-,39-,40-/m0/s1. The molecule has 0 bridgehead atoms. The van der Waals surface area contributed by atoms with E-state index in [0.717, 1.165) is 74.6 Å². The van der Waals surface area contributed by atoms with Crippen molar-refractivity contribution in [3.8, 4) is 11.5 Å². The summed E-state index contributed by atoms with van der Waals surface area (Å²) in [6.45, 7) is 3.02. The number of rotatable bonds is 18. The first-order chi connectivity index (χ1) is 28.3. The highest BCUT2D eigenvalue weighted by molar-refractivity contribution is 14.1. The molecule has 15 heteroatoms. The maximum absolute atomic E-state index is 14.2. The predicted octanol–water partition coefficient (Wildman–Crippen LogP) is 5.89. The topological polar surface area (TPSA) is 141 Å². The summed E-state index contributed by atoms with van der Waals surface area (Å²) in [6.07, 6.45) is -1.20. The fourth-order valence-electron chi connectivity index (χ4n) is 7.58. The minimum atomic E-state index is -1.21. The molecule has 6 N–H and O–H groups in total. The maximum Gasteiger partial charge on any atom is 0.220 e. The summed E-state index contributed by atoms with van der Waals surface area (Å²) >= 11 is 2.21. The number of aliphatic hydroxyl groups is 2. The van der Waals surface area contributed by atoms with Crippen LogP contribution in [0.15, 0.2) is 72.8 Å². The van der Waals surface area contributed by atoms with Crippen molar-refractivity contribution < 1.29 is 46.8 Å². The summed E-state index contributed by atoms with van der Waals surface area (Å²) in [5.74, 6) is -2.97. The third-order valence-corrected chi connectivity index (χ3v) is 11.3. The van der Waals surface area contributed by atoms with E-state index < -0.39 is 59.4 Å². The molecular weight excluding hydrogens is 883 g/mol. The number of benzene rings is 4. The van der Waals surface area contributed by atoms with Crippen LogP contribution < -0.4 is 30.7 Å². The molecule has 2 heterocycles. The van der Waals surface area contributed by atoms with Crippen LogP contribution in [0.5, 0.6) is 11.5 Å². The number of halogens is 5. The fraction of sp³-hybridized carbons (Fsp3) is 0.409. The van der Waals surface area contributed by atoms with E-state index in [2.05, 4.69) is 49.9 Å². The van der Waals surface area contributed by atoms with Gasteiger partial charge < -0.3 is 41.0 Å². The third kappa shape index (κ3) is 12.6. The molecule has 316 valence electrons. The second kappa shape index (κ2) is 20.8. The lowest BCUT2D eigenvalue weighted by Gasteiger charge is -2.30. The van der Waals surface area contributed by atoms with Crippen LogP contribution >= 0.6 is 22.6 Å². The van der Waals surface area contributed by atoms with Crippen molar-refractivity contribution in [2.24, 2.45) is 0 Å². The summed E-state index contributed by atoms with van der Waals surface area (Å²) in [6, 6.07) is 15.5. The van der Waals surface area contributed by atoms with Gasteiger partial charge in [-0.2, -0.15) is 0 Å². The summed E-state index contributed by atoms with van der Waals surface area (Å²) in [5.41, 5.74) is 3.43. The lowest BCUT2D eigenvalue weighted by atomic mass is 9.96. The predicted molar refractivity (Wildman–Crippen MR) is 222 cm³/mol. The zero-order chi connectivity index (χ0) is 42.1. The van der Waals surface area contributed by atoms with Crippen LogP contribution in [0, 0.1) is 26.8 Å². The summed E-state index contributed by atoms with van der Waals surface area (Å²) < 4.78 is 69.3. The molecule has 4 aromatic carbocycles. The van der Waals surface area contributed by atoms with Gasteiger partial charge in [0.2, 0.25) is 11.8 Å². The molecule has 0 aromatic heterocycles. The number of aryl methyl sites for hydroxylation is 1. The Morgan fingerprint density at radius 2 is 1.10 bits per heavy atom. The summed E-state index contributed by atoms with van der Waals surface area (Å²) in [7, 11) is 0. The molecule has 2 amide bonds. The molecule has 0 saturated heterocycles. The van der Waals surface area contributed by atoms with Crippen molar-refractivity contribution in [3.05, 3.63) is 127 Å². The lowest BCUT2D eigenvalue weighted by Crippen LogP contribution is -2.50. The molecule has 0 radical (unpaired) electrons. The van der Waals surface area contributed by atoms with Crippen molar-refractivity contribution in [1.82, 2.24) is 21.3 Å². The number of carbonyl (C=O) groups excluding carboxylic acids is 2. The molecule has 59 heavy (non-hydrogen) atoms. The van der Waals surface area contributed by atoms with Crippen LogP contribution in [0.25, 0.3) is 0 Å². The highest BCUT2D eigenvalue weighted by atomic mass is 127. The van der Waals surface area contributed by atoms with Crippen LogP contribution in [0.4, 0.5) is 17.6 Å². The van der Waals surface area contributed by atoms with E-state index in [9.17, 15) is 37.4 Å². The second-order valence-corrected chi connectivity index (χ2v) is 16.3. The molecule has 6 rings (SSSR count). The number of carbonyl (C=O) groups is 2. The van der Waals surface area contributed by atoms with E-state index >= 15 is 0 Å². The minimum absolute atomic E-state index is 0.0202. The largest absolute Gasteiger partial charge is 0.493 e. The normalized spacial score (nSPS) is 18.0. The molecule has 10 nitrogen and oxygen atoms in total. The second-order valence-electron chi connectivity index (χ2n) is 15.1. The van der Waals surface area contributed by atoms with Gasteiger partial charge in [-0.3, -0.25) is 9.59 Å². The third-order valence-electron chi connectivity index (χ3n) is 10.6. The molecule has 2 aliphatic rings. The summed E-state index contributed by atoms with van der Waals surface area (Å²) in [4.78, 5) is 26.7. The Morgan fingerprint density at radius 3 is 1.56 bits per heavy atom. The van der Waals surface area contributed by atoms with E-state index in [4.69, 9.17) is 9.47 Å². The van der Waals surface area contributed by atoms with Crippen molar-refractivity contribution >= 4 is 34.4 Å². The first-order valence-corrected chi connectivity index (χ1v) is 20.9. The average Bonchev–Trinajstić information content (AvgIpc) is 3.19. The molecule has 2 aliphatic heterocycles. The number of hydrogen-bond acceptors (Lipinski definition) is 8. The first-order valence-electron chi connectivity index (χ1n) is 19.8. The van der Waals surface area contributed by atoms with Crippen LogP contribution in [-0.2, 0) is 28.9 Å². The van der Waals surface area contributed by atoms with Gasteiger partial charge in [0.05, 0.1) is 37.5 Å². The van der Waals surface area contributed by atoms with Gasteiger partial charge in [-0.25, -0.2) is 17.6 Å². The molecule has 0 aliphatic carbocycles. The van der Waals surface area contributed by atoms with E-state index in [1.807, 2.05) is 37.3 Å². The Hall–Kier alpha value is -4.29. The zero-order valence-corrected chi connectivity index (χ0v) is 34.7. The molecule has 0 spiro atoms. The van der Waals surface area contributed by atoms with Gasteiger partial charge in [0.25, 0.3) is 0 Å². The Balaban J connectivity index is 1.10. The monoisotopic (exact) mass is 932 g/mol. The van der Waals surface area contributed by atoms with Gasteiger partial charge in [-0.1, -0.05) is 19.1 Å². The van der Waals surface area contributed by atoms with Crippen LogP contribution in [0.3, 0.4) is 0 Å². The number of amides is 2. The molecular formula is C44H49F4IN4O6. The Bertz CT molecular complexity index is 2050. The van der Waals surface area contributed by atoms with E-state index in [1.54, 1.807) is 0 Å². The molecule has 0 fully saturated rings.